The summed E-state index contributed by atoms with van der Waals surface area (Å²) in [4.78, 5) is 8.79. The summed E-state index contributed by atoms with van der Waals surface area (Å²) >= 11 is 0. The maximum Gasteiger partial charge on any atom is 0.261 e. The highest BCUT2D eigenvalue weighted by Gasteiger charge is 2.13. The molecule has 0 N–H and O–H groups in total. The van der Waals surface area contributed by atoms with Gasteiger partial charge in [0.2, 0.25) is 5.82 Å². The molecular weight excluding hydrogens is 280 g/mol. The summed E-state index contributed by atoms with van der Waals surface area (Å²) in [6.45, 7) is 2.83. The lowest BCUT2D eigenvalue weighted by molar-refractivity contribution is 0.432. The van der Waals surface area contributed by atoms with Gasteiger partial charge in [-0.3, -0.25) is 4.68 Å². The van der Waals surface area contributed by atoms with E-state index in [4.69, 9.17) is 4.52 Å². The highest BCUT2D eigenvalue weighted by molar-refractivity contribution is 5.80. The Labute approximate surface area is 126 Å². The average Bonchev–Trinajstić information content (AvgIpc) is 3.26. The molecule has 0 bridgehead atoms. The molecule has 0 atom stereocenters. The first kappa shape index (κ1) is 12.8. The normalized spacial score (nSPS) is 11.4. The van der Waals surface area contributed by atoms with Crippen molar-refractivity contribution in [1.82, 2.24) is 29.5 Å². The second kappa shape index (κ2) is 4.80. The van der Waals surface area contributed by atoms with Crippen LogP contribution in [0, 0.1) is 0 Å². The zero-order valence-electron chi connectivity index (χ0n) is 12.3. The summed E-state index contributed by atoms with van der Waals surface area (Å²) in [5.41, 5.74) is 3.67. The standard InChI is InChI=1S/C15H14N6O/c1-3-21-8-11(7-17-21)15-18-14(19-22-15)10-4-5-13-12(6-10)16-9-20(13)2/h4-9H,3H2,1-2H3. The van der Waals surface area contributed by atoms with Crippen LogP contribution in [0.15, 0.2) is 41.4 Å². The van der Waals surface area contributed by atoms with Gasteiger partial charge in [0.1, 0.15) is 0 Å². The van der Waals surface area contributed by atoms with Crippen LogP contribution in [-0.2, 0) is 13.6 Å². The lowest BCUT2D eigenvalue weighted by Crippen LogP contribution is -1.91. The number of imidazole rings is 1. The fourth-order valence-electron chi connectivity index (χ4n) is 2.38. The van der Waals surface area contributed by atoms with E-state index in [0.29, 0.717) is 11.7 Å². The fourth-order valence-corrected chi connectivity index (χ4v) is 2.38. The van der Waals surface area contributed by atoms with Gasteiger partial charge in [-0.25, -0.2) is 4.98 Å². The molecular formula is C15H14N6O. The highest BCUT2D eigenvalue weighted by atomic mass is 16.5. The van der Waals surface area contributed by atoms with Gasteiger partial charge in [0, 0.05) is 25.4 Å². The van der Waals surface area contributed by atoms with Crippen LogP contribution in [0.1, 0.15) is 6.92 Å². The Morgan fingerprint density at radius 3 is 2.95 bits per heavy atom. The van der Waals surface area contributed by atoms with Gasteiger partial charge in [0.25, 0.3) is 5.89 Å². The molecule has 0 spiro atoms. The van der Waals surface area contributed by atoms with E-state index < -0.39 is 0 Å². The van der Waals surface area contributed by atoms with E-state index in [2.05, 4.69) is 20.2 Å². The van der Waals surface area contributed by atoms with Crippen molar-refractivity contribution in [2.45, 2.75) is 13.5 Å². The smallest absolute Gasteiger partial charge is 0.261 e. The van der Waals surface area contributed by atoms with Gasteiger partial charge in [-0.15, -0.1) is 0 Å². The van der Waals surface area contributed by atoms with Crippen LogP contribution >= 0.6 is 0 Å². The van der Waals surface area contributed by atoms with E-state index in [1.165, 1.54) is 0 Å². The first-order valence-corrected chi connectivity index (χ1v) is 7.02. The molecule has 22 heavy (non-hydrogen) atoms. The zero-order valence-corrected chi connectivity index (χ0v) is 12.3. The van der Waals surface area contributed by atoms with Crippen molar-refractivity contribution >= 4 is 11.0 Å². The SMILES string of the molecule is CCn1cc(-c2nc(-c3ccc4c(c3)ncn4C)no2)cn1. The predicted molar refractivity (Wildman–Crippen MR) is 80.9 cm³/mol. The van der Waals surface area contributed by atoms with Crippen LogP contribution in [0.5, 0.6) is 0 Å². The molecule has 0 fully saturated rings. The molecule has 0 aliphatic heterocycles. The number of aromatic nitrogens is 6. The van der Waals surface area contributed by atoms with Gasteiger partial charge >= 0.3 is 0 Å². The first-order chi connectivity index (χ1) is 10.7. The van der Waals surface area contributed by atoms with Crippen molar-refractivity contribution in [3.8, 4) is 22.8 Å². The number of rotatable bonds is 3. The first-order valence-electron chi connectivity index (χ1n) is 7.02. The Kier molecular flexibility index (Phi) is 2.78. The third-order valence-electron chi connectivity index (χ3n) is 3.61. The monoisotopic (exact) mass is 294 g/mol. The van der Waals surface area contributed by atoms with E-state index >= 15 is 0 Å². The molecule has 3 aromatic heterocycles. The molecule has 0 aliphatic rings. The number of hydrogen-bond acceptors (Lipinski definition) is 5. The van der Waals surface area contributed by atoms with Crippen LogP contribution in [0.4, 0.5) is 0 Å². The highest BCUT2D eigenvalue weighted by Crippen LogP contribution is 2.24. The molecule has 4 aromatic rings. The molecule has 0 amide bonds. The third-order valence-corrected chi connectivity index (χ3v) is 3.61. The summed E-state index contributed by atoms with van der Waals surface area (Å²) < 4.78 is 9.13. The second-order valence-corrected chi connectivity index (χ2v) is 5.07. The molecule has 7 nitrogen and oxygen atoms in total. The average molecular weight is 294 g/mol. The zero-order chi connectivity index (χ0) is 15.1. The van der Waals surface area contributed by atoms with Gasteiger partial charge in [-0.05, 0) is 25.1 Å². The van der Waals surface area contributed by atoms with Gasteiger partial charge in [-0.2, -0.15) is 10.1 Å². The predicted octanol–water partition coefficient (Wildman–Crippen LogP) is 2.51. The second-order valence-electron chi connectivity index (χ2n) is 5.07. The maximum atomic E-state index is 5.34. The van der Waals surface area contributed by atoms with Gasteiger partial charge in [0.15, 0.2) is 0 Å². The fraction of sp³-hybridized carbons (Fsp3) is 0.200. The Hall–Kier alpha value is -2.96. The molecule has 0 radical (unpaired) electrons. The van der Waals surface area contributed by atoms with E-state index in [9.17, 15) is 0 Å². The minimum atomic E-state index is 0.468. The van der Waals surface area contributed by atoms with Gasteiger partial charge in [0.05, 0.1) is 29.1 Å². The lowest BCUT2D eigenvalue weighted by atomic mass is 10.2. The molecule has 3 heterocycles. The van der Waals surface area contributed by atoms with Crippen molar-refractivity contribution in [2.75, 3.05) is 0 Å². The van der Waals surface area contributed by atoms with Crippen molar-refractivity contribution in [3.63, 3.8) is 0 Å². The van der Waals surface area contributed by atoms with E-state index in [-0.39, 0.29) is 0 Å². The molecule has 0 unspecified atom stereocenters. The Balaban J connectivity index is 1.72. The van der Waals surface area contributed by atoms with Crippen LogP contribution in [0.25, 0.3) is 33.9 Å². The molecule has 1 aromatic carbocycles. The molecule has 4 rings (SSSR count). The molecule has 0 saturated carbocycles. The summed E-state index contributed by atoms with van der Waals surface area (Å²) in [5, 5.41) is 8.27. The summed E-state index contributed by atoms with van der Waals surface area (Å²) in [5.74, 6) is 1.02. The Morgan fingerprint density at radius 2 is 2.14 bits per heavy atom. The van der Waals surface area contributed by atoms with Crippen molar-refractivity contribution < 1.29 is 4.52 Å². The summed E-state index contributed by atoms with van der Waals surface area (Å²) in [6, 6.07) is 5.93. The number of benzene rings is 1. The van der Waals surface area contributed by atoms with Crippen molar-refractivity contribution in [3.05, 3.63) is 36.9 Å². The molecule has 0 aliphatic carbocycles. The summed E-state index contributed by atoms with van der Waals surface area (Å²) in [7, 11) is 1.97. The lowest BCUT2D eigenvalue weighted by Gasteiger charge is -1.96. The maximum absolute atomic E-state index is 5.34. The third kappa shape index (κ3) is 1.98. The van der Waals surface area contributed by atoms with Gasteiger partial charge < -0.3 is 9.09 Å². The largest absolute Gasteiger partial charge is 0.334 e. The van der Waals surface area contributed by atoms with E-state index in [0.717, 1.165) is 28.7 Å². The Morgan fingerprint density at radius 1 is 1.23 bits per heavy atom. The number of hydrogen-bond donors (Lipinski definition) is 0. The topological polar surface area (TPSA) is 74.6 Å². The van der Waals surface area contributed by atoms with Crippen molar-refractivity contribution in [2.24, 2.45) is 7.05 Å². The number of nitrogens with zero attached hydrogens (tertiary/aromatic N) is 6. The summed E-state index contributed by atoms with van der Waals surface area (Å²) in [6.07, 6.45) is 5.40. The van der Waals surface area contributed by atoms with Crippen molar-refractivity contribution in [1.29, 1.82) is 0 Å². The molecule has 0 saturated heterocycles. The van der Waals surface area contributed by atoms with Gasteiger partial charge in [-0.1, -0.05) is 5.16 Å². The Bertz CT molecular complexity index is 948. The van der Waals surface area contributed by atoms with Crippen LogP contribution in [-0.4, -0.2) is 29.5 Å². The van der Waals surface area contributed by atoms with Crippen LogP contribution in [0.3, 0.4) is 0 Å². The molecule has 110 valence electrons. The van der Waals surface area contributed by atoms with E-state index in [1.54, 1.807) is 12.5 Å². The minimum absolute atomic E-state index is 0.468. The van der Waals surface area contributed by atoms with Crippen LogP contribution in [0.2, 0.25) is 0 Å². The van der Waals surface area contributed by atoms with Crippen LogP contribution < -0.4 is 0 Å². The quantitative estimate of drug-likeness (QED) is 0.580. The number of aryl methyl sites for hydroxylation is 2. The van der Waals surface area contributed by atoms with E-state index in [1.807, 2.05) is 47.6 Å². The minimum Gasteiger partial charge on any atom is -0.334 e. The number of fused-ring (bicyclic) bond motifs is 1. The molecule has 7 heteroatoms.